The van der Waals surface area contributed by atoms with Crippen LogP contribution in [-0.2, 0) is 9.59 Å². The van der Waals surface area contributed by atoms with Gasteiger partial charge in [-0.25, -0.2) is 0 Å². The molecule has 2 saturated heterocycles. The Labute approximate surface area is 184 Å². The topological polar surface area (TPSA) is 70.2 Å². The molecular formula is C24H33N3O4. The summed E-state index contributed by atoms with van der Waals surface area (Å²) >= 11 is 0. The SMILES string of the molecule is CCN1C[C@H](CN(C)C(=O)c2ccc(OC3CCN(C(=O)C4CC4)CC3)cc2)CC1=O. The standard InChI is InChI=1S/C24H33N3O4/c1-3-26-16-17(14-22(26)28)15-25(2)23(29)18-6-8-20(9-7-18)31-21-10-12-27(13-11-21)24(30)19-4-5-19/h6-9,17,19,21H,3-5,10-16H2,1-2H3/t17-/m0/s1. The van der Waals surface area contributed by atoms with Gasteiger partial charge >= 0.3 is 0 Å². The molecular weight excluding hydrogens is 394 g/mol. The largest absolute Gasteiger partial charge is 0.490 e. The number of amides is 3. The molecule has 31 heavy (non-hydrogen) atoms. The van der Waals surface area contributed by atoms with Crippen LogP contribution in [0.25, 0.3) is 0 Å². The molecule has 0 unspecified atom stereocenters. The van der Waals surface area contributed by atoms with Crippen molar-refractivity contribution in [3.63, 3.8) is 0 Å². The van der Waals surface area contributed by atoms with Crippen molar-refractivity contribution in [1.82, 2.24) is 14.7 Å². The molecule has 1 aliphatic carbocycles. The van der Waals surface area contributed by atoms with E-state index in [-0.39, 0.29) is 29.8 Å². The zero-order chi connectivity index (χ0) is 22.0. The zero-order valence-corrected chi connectivity index (χ0v) is 18.6. The van der Waals surface area contributed by atoms with Crippen LogP contribution in [0, 0.1) is 11.8 Å². The molecule has 0 N–H and O–H groups in total. The van der Waals surface area contributed by atoms with E-state index in [0.717, 1.165) is 57.6 Å². The van der Waals surface area contributed by atoms with Crippen molar-refractivity contribution in [3.05, 3.63) is 29.8 Å². The van der Waals surface area contributed by atoms with Gasteiger partial charge in [0, 0.05) is 76.4 Å². The molecule has 3 amide bonds. The molecule has 168 valence electrons. The molecule has 1 atom stereocenters. The van der Waals surface area contributed by atoms with Gasteiger partial charge in [-0.3, -0.25) is 14.4 Å². The minimum Gasteiger partial charge on any atom is -0.490 e. The van der Waals surface area contributed by atoms with Crippen LogP contribution in [0.3, 0.4) is 0 Å². The Morgan fingerprint density at radius 1 is 1.10 bits per heavy atom. The van der Waals surface area contributed by atoms with Gasteiger partial charge in [-0.05, 0) is 44.0 Å². The summed E-state index contributed by atoms with van der Waals surface area (Å²) in [5.41, 5.74) is 0.622. The third kappa shape index (κ3) is 5.20. The Kier molecular flexibility index (Phi) is 6.49. The summed E-state index contributed by atoms with van der Waals surface area (Å²) in [6, 6.07) is 7.30. The molecule has 3 aliphatic rings. The highest BCUT2D eigenvalue weighted by molar-refractivity contribution is 5.94. The molecule has 0 radical (unpaired) electrons. The lowest BCUT2D eigenvalue weighted by atomic mass is 10.1. The molecule has 1 aromatic carbocycles. The van der Waals surface area contributed by atoms with Gasteiger partial charge in [-0.15, -0.1) is 0 Å². The molecule has 3 fully saturated rings. The maximum Gasteiger partial charge on any atom is 0.253 e. The van der Waals surface area contributed by atoms with Gasteiger partial charge in [0.25, 0.3) is 5.91 Å². The van der Waals surface area contributed by atoms with E-state index in [9.17, 15) is 14.4 Å². The van der Waals surface area contributed by atoms with Crippen molar-refractivity contribution in [1.29, 1.82) is 0 Å². The number of carbonyl (C=O) groups excluding carboxylic acids is 3. The van der Waals surface area contributed by atoms with Gasteiger partial charge in [-0.1, -0.05) is 0 Å². The smallest absolute Gasteiger partial charge is 0.253 e. The normalized spacial score (nSPS) is 22.0. The first kappa shape index (κ1) is 21.7. The Hall–Kier alpha value is -2.57. The fourth-order valence-corrected chi connectivity index (χ4v) is 4.62. The van der Waals surface area contributed by atoms with Gasteiger partial charge < -0.3 is 19.4 Å². The molecule has 2 aliphatic heterocycles. The van der Waals surface area contributed by atoms with Crippen LogP contribution in [0.5, 0.6) is 5.75 Å². The molecule has 0 bridgehead atoms. The highest BCUT2D eigenvalue weighted by Gasteiger charge is 2.35. The van der Waals surface area contributed by atoms with E-state index in [1.807, 2.05) is 28.9 Å². The molecule has 0 aromatic heterocycles. The fourth-order valence-electron chi connectivity index (χ4n) is 4.62. The third-order valence-electron chi connectivity index (χ3n) is 6.64. The molecule has 7 heteroatoms. The quantitative estimate of drug-likeness (QED) is 0.670. The highest BCUT2D eigenvalue weighted by atomic mass is 16.5. The minimum absolute atomic E-state index is 0.0409. The number of piperidine rings is 1. The first-order chi connectivity index (χ1) is 14.9. The van der Waals surface area contributed by atoms with Gasteiger partial charge in [0.05, 0.1) is 0 Å². The lowest BCUT2D eigenvalue weighted by molar-refractivity contribution is -0.134. The van der Waals surface area contributed by atoms with E-state index in [4.69, 9.17) is 4.74 Å². The van der Waals surface area contributed by atoms with E-state index >= 15 is 0 Å². The number of rotatable bonds is 7. The van der Waals surface area contributed by atoms with Crippen LogP contribution < -0.4 is 4.74 Å². The summed E-state index contributed by atoms with van der Waals surface area (Å²) in [7, 11) is 1.79. The second-order valence-electron chi connectivity index (χ2n) is 9.13. The van der Waals surface area contributed by atoms with Crippen LogP contribution in [0.1, 0.15) is 49.4 Å². The number of hydrogen-bond acceptors (Lipinski definition) is 4. The van der Waals surface area contributed by atoms with Crippen molar-refractivity contribution >= 4 is 17.7 Å². The first-order valence-corrected chi connectivity index (χ1v) is 11.5. The Balaban J connectivity index is 1.24. The maximum absolute atomic E-state index is 12.8. The van der Waals surface area contributed by atoms with Crippen molar-refractivity contribution in [2.24, 2.45) is 11.8 Å². The van der Waals surface area contributed by atoms with Gasteiger partial charge in [0.2, 0.25) is 11.8 Å². The van der Waals surface area contributed by atoms with Crippen LogP contribution in [0.15, 0.2) is 24.3 Å². The summed E-state index contributed by atoms with van der Waals surface area (Å²) in [5, 5.41) is 0. The predicted octanol–water partition coefficient (Wildman–Crippen LogP) is 2.41. The second-order valence-corrected chi connectivity index (χ2v) is 9.13. The summed E-state index contributed by atoms with van der Waals surface area (Å²) < 4.78 is 6.09. The van der Waals surface area contributed by atoms with Crippen LogP contribution in [0.4, 0.5) is 0 Å². The van der Waals surface area contributed by atoms with E-state index in [1.54, 1.807) is 24.1 Å². The van der Waals surface area contributed by atoms with Crippen molar-refractivity contribution in [2.75, 3.05) is 39.8 Å². The summed E-state index contributed by atoms with van der Waals surface area (Å²) in [4.78, 5) is 42.4. The average molecular weight is 428 g/mol. The summed E-state index contributed by atoms with van der Waals surface area (Å²) in [5.74, 6) is 1.68. The van der Waals surface area contributed by atoms with Gasteiger partial charge in [-0.2, -0.15) is 0 Å². The van der Waals surface area contributed by atoms with Crippen molar-refractivity contribution < 1.29 is 19.1 Å². The summed E-state index contributed by atoms with van der Waals surface area (Å²) in [6.07, 6.45) is 4.40. The Bertz CT molecular complexity index is 813. The first-order valence-electron chi connectivity index (χ1n) is 11.5. The van der Waals surface area contributed by atoms with E-state index in [1.165, 1.54) is 0 Å². The molecule has 1 aromatic rings. The zero-order valence-electron chi connectivity index (χ0n) is 18.6. The molecule has 1 saturated carbocycles. The lowest BCUT2D eigenvalue weighted by Crippen LogP contribution is -2.42. The second kappa shape index (κ2) is 9.28. The van der Waals surface area contributed by atoms with E-state index in [0.29, 0.717) is 24.4 Å². The lowest BCUT2D eigenvalue weighted by Gasteiger charge is -2.32. The monoisotopic (exact) mass is 427 g/mol. The van der Waals surface area contributed by atoms with Crippen molar-refractivity contribution in [3.8, 4) is 5.75 Å². The molecule has 7 nitrogen and oxygen atoms in total. The Morgan fingerprint density at radius 3 is 2.35 bits per heavy atom. The molecule has 2 heterocycles. The minimum atomic E-state index is -0.0409. The number of hydrogen-bond donors (Lipinski definition) is 0. The predicted molar refractivity (Wildman–Crippen MR) is 117 cm³/mol. The molecule has 4 rings (SSSR count). The number of carbonyl (C=O) groups is 3. The van der Waals surface area contributed by atoms with E-state index < -0.39 is 0 Å². The number of ether oxygens (including phenoxy) is 1. The number of likely N-dealkylation sites (tertiary alicyclic amines) is 2. The van der Waals surface area contributed by atoms with Crippen LogP contribution >= 0.6 is 0 Å². The van der Waals surface area contributed by atoms with Crippen LogP contribution in [-0.4, -0.2) is 78.3 Å². The number of benzene rings is 1. The van der Waals surface area contributed by atoms with E-state index in [2.05, 4.69) is 0 Å². The van der Waals surface area contributed by atoms with Gasteiger partial charge in [0.15, 0.2) is 0 Å². The maximum atomic E-state index is 12.8. The highest BCUT2D eigenvalue weighted by Crippen LogP contribution is 2.32. The number of nitrogens with zero attached hydrogens (tertiary/aromatic N) is 3. The fraction of sp³-hybridized carbons (Fsp3) is 0.625. The molecule has 0 spiro atoms. The van der Waals surface area contributed by atoms with Crippen LogP contribution in [0.2, 0.25) is 0 Å². The van der Waals surface area contributed by atoms with Gasteiger partial charge in [0.1, 0.15) is 11.9 Å². The average Bonchev–Trinajstić information content (AvgIpc) is 3.57. The summed E-state index contributed by atoms with van der Waals surface area (Å²) in [6.45, 7) is 5.55. The third-order valence-corrected chi connectivity index (χ3v) is 6.64. The Morgan fingerprint density at radius 2 is 1.77 bits per heavy atom. The van der Waals surface area contributed by atoms with Crippen molar-refractivity contribution in [2.45, 2.75) is 45.1 Å².